The van der Waals surface area contributed by atoms with Crippen LogP contribution in [0.3, 0.4) is 0 Å². The van der Waals surface area contributed by atoms with Gasteiger partial charge in [-0.2, -0.15) is 5.10 Å². The number of hydrogen-bond donors (Lipinski definition) is 2. The van der Waals surface area contributed by atoms with Gasteiger partial charge < -0.3 is 10.4 Å². The Bertz CT molecular complexity index is 955. The van der Waals surface area contributed by atoms with Crippen molar-refractivity contribution in [3.63, 3.8) is 0 Å². The van der Waals surface area contributed by atoms with Crippen molar-refractivity contribution >= 4 is 23.3 Å². The molecule has 1 aromatic heterocycles. The molecule has 5 aliphatic carbocycles. The zero-order valence-electron chi connectivity index (χ0n) is 18.0. The molecule has 168 valence electrons. The summed E-state index contributed by atoms with van der Waals surface area (Å²) in [6.45, 7) is 0.744. The summed E-state index contributed by atoms with van der Waals surface area (Å²) in [5.74, 6) is 0.229. The number of rotatable bonds is 7. The van der Waals surface area contributed by atoms with Gasteiger partial charge in [0.1, 0.15) is 5.02 Å². The van der Waals surface area contributed by atoms with Gasteiger partial charge in [0.15, 0.2) is 0 Å². The molecule has 31 heavy (non-hydrogen) atoms. The standard InChI is InChI=1S/C24H32ClN3O3/c25-21-19(26-7-6-16-4-2-1-3-5-16)14-27-28(22(21)31)24-11-17-8-18(12-24)10-23(9-17,15-24)13-20(29)30/h4,14,17-18,26H,1-3,5-13,15H2,(H,29,30). The van der Waals surface area contributed by atoms with Gasteiger partial charge in [0.2, 0.25) is 0 Å². The molecule has 7 heteroatoms. The molecule has 1 aromatic rings. The number of nitrogens with zero attached hydrogens (tertiary/aromatic N) is 2. The summed E-state index contributed by atoms with van der Waals surface area (Å²) < 4.78 is 1.62. The number of carboxylic acid groups (broad SMARTS) is 1. The summed E-state index contributed by atoms with van der Waals surface area (Å²) in [6.07, 6.45) is 15.7. The second kappa shape index (κ2) is 7.95. The van der Waals surface area contributed by atoms with Crippen LogP contribution in [0.5, 0.6) is 0 Å². The zero-order valence-corrected chi connectivity index (χ0v) is 18.8. The second-order valence-electron chi connectivity index (χ2n) is 10.6. The van der Waals surface area contributed by atoms with E-state index in [2.05, 4.69) is 16.5 Å². The molecule has 0 aliphatic heterocycles. The Morgan fingerprint density at radius 1 is 1.26 bits per heavy atom. The average molecular weight is 446 g/mol. The van der Waals surface area contributed by atoms with E-state index in [9.17, 15) is 14.7 Å². The highest BCUT2D eigenvalue weighted by Gasteiger charge is 2.59. The number of aliphatic carboxylic acids is 1. The lowest BCUT2D eigenvalue weighted by molar-refractivity contribution is -0.151. The van der Waals surface area contributed by atoms with Crippen molar-refractivity contribution in [1.82, 2.24) is 9.78 Å². The molecule has 5 aliphatic rings. The highest BCUT2D eigenvalue weighted by molar-refractivity contribution is 6.32. The van der Waals surface area contributed by atoms with Crippen molar-refractivity contribution in [3.05, 3.63) is 33.2 Å². The van der Waals surface area contributed by atoms with Gasteiger partial charge in [-0.05, 0) is 87.9 Å². The minimum Gasteiger partial charge on any atom is -0.481 e. The predicted octanol–water partition coefficient (Wildman–Crippen LogP) is 4.97. The van der Waals surface area contributed by atoms with Crippen molar-refractivity contribution in [2.45, 2.75) is 82.6 Å². The molecule has 0 amide bonds. The van der Waals surface area contributed by atoms with E-state index < -0.39 is 5.97 Å². The van der Waals surface area contributed by atoms with Crippen LogP contribution in [-0.2, 0) is 10.3 Å². The van der Waals surface area contributed by atoms with E-state index in [0.29, 0.717) is 17.5 Å². The minimum atomic E-state index is -0.733. The van der Waals surface area contributed by atoms with Crippen LogP contribution in [0.4, 0.5) is 5.69 Å². The molecule has 4 fully saturated rings. The molecule has 2 N–H and O–H groups in total. The van der Waals surface area contributed by atoms with Gasteiger partial charge in [-0.25, -0.2) is 4.68 Å². The molecular formula is C24H32ClN3O3. The van der Waals surface area contributed by atoms with Crippen LogP contribution < -0.4 is 10.9 Å². The Kier molecular flexibility index (Phi) is 5.40. The number of halogens is 1. The first-order valence-electron chi connectivity index (χ1n) is 11.8. The van der Waals surface area contributed by atoms with E-state index in [1.54, 1.807) is 10.9 Å². The van der Waals surface area contributed by atoms with E-state index >= 15 is 0 Å². The van der Waals surface area contributed by atoms with Crippen LogP contribution >= 0.6 is 11.6 Å². The smallest absolute Gasteiger partial charge is 0.303 e. The Labute approximate surface area is 188 Å². The Morgan fingerprint density at radius 3 is 2.71 bits per heavy atom. The lowest BCUT2D eigenvalue weighted by atomic mass is 9.46. The third kappa shape index (κ3) is 3.92. The maximum atomic E-state index is 13.3. The molecule has 6 rings (SSSR count). The van der Waals surface area contributed by atoms with Crippen molar-refractivity contribution in [2.75, 3.05) is 11.9 Å². The van der Waals surface area contributed by atoms with Crippen LogP contribution in [-0.4, -0.2) is 27.4 Å². The second-order valence-corrected chi connectivity index (χ2v) is 11.0. The van der Waals surface area contributed by atoms with E-state index in [1.807, 2.05) is 0 Å². The number of carbonyl (C=O) groups is 1. The Morgan fingerprint density at radius 2 is 2.03 bits per heavy atom. The molecule has 1 heterocycles. The van der Waals surface area contributed by atoms with E-state index in [4.69, 9.17) is 11.6 Å². The topological polar surface area (TPSA) is 84.2 Å². The van der Waals surface area contributed by atoms with Crippen LogP contribution in [0.15, 0.2) is 22.6 Å². The van der Waals surface area contributed by atoms with Gasteiger partial charge in [-0.15, -0.1) is 0 Å². The number of nitrogens with one attached hydrogen (secondary N) is 1. The molecule has 0 spiro atoms. The molecule has 4 bridgehead atoms. The molecule has 0 saturated heterocycles. The third-order valence-corrected chi connectivity index (χ3v) is 8.56. The summed E-state index contributed by atoms with van der Waals surface area (Å²) in [5, 5.41) is 17.6. The van der Waals surface area contributed by atoms with Crippen LogP contribution in [0.1, 0.15) is 77.0 Å². The molecule has 2 atom stereocenters. The summed E-state index contributed by atoms with van der Waals surface area (Å²) in [5.41, 5.74) is 1.26. The van der Waals surface area contributed by atoms with E-state index in [0.717, 1.165) is 57.9 Å². The number of aromatic nitrogens is 2. The average Bonchev–Trinajstić information content (AvgIpc) is 2.70. The van der Waals surface area contributed by atoms with Crippen molar-refractivity contribution in [1.29, 1.82) is 0 Å². The Hall–Kier alpha value is -1.82. The molecule has 6 nitrogen and oxygen atoms in total. The van der Waals surface area contributed by atoms with Gasteiger partial charge in [0.25, 0.3) is 5.56 Å². The first kappa shape index (κ1) is 21.0. The van der Waals surface area contributed by atoms with Crippen molar-refractivity contribution in [2.24, 2.45) is 17.3 Å². The third-order valence-electron chi connectivity index (χ3n) is 8.19. The fraction of sp³-hybridized carbons (Fsp3) is 0.708. The highest BCUT2D eigenvalue weighted by atomic mass is 35.5. The Balaban J connectivity index is 1.37. The SMILES string of the molecule is O=C(O)CC12CC3CC(C1)CC(n1ncc(NCCC4=CCCCC4)c(Cl)c1=O)(C3)C2. The van der Waals surface area contributed by atoms with E-state index in [-0.39, 0.29) is 28.0 Å². The zero-order chi connectivity index (χ0) is 21.6. The summed E-state index contributed by atoms with van der Waals surface area (Å²) in [4.78, 5) is 24.9. The van der Waals surface area contributed by atoms with Crippen LogP contribution in [0, 0.1) is 17.3 Å². The minimum absolute atomic E-state index is 0.194. The van der Waals surface area contributed by atoms with Gasteiger partial charge in [-0.3, -0.25) is 9.59 Å². The normalized spacial score (nSPS) is 33.9. The lowest BCUT2D eigenvalue weighted by Gasteiger charge is -2.61. The molecule has 2 unspecified atom stereocenters. The van der Waals surface area contributed by atoms with E-state index in [1.165, 1.54) is 24.8 Å². The predicted molar refractivity (Wildman–Crippen MR) is 121 cm³/mol. The monoisotopic (exact) mass is 445 g/mol. The maximum Gasteiger partial charge on any atom is 0.303 e. The van der Waals surface area contributed by atoms with Gasteiger partial charge in [0, 0.05) is 6.54 Å². The molecule has 0 radical (unpaired) electrons. The summed E-state index contributed by atoms with van der Waals surface area (Å²) >= 11 is 6.53. The van der Waals surface area contributed by atoms with Crippen molar-refractivity contribution in [3.8, 4) is 0 Å². The van der Waals surface area contributed by atoms with Crippen molar-refractivity contribution < 1.29 is 9.90 Å². The number of hydrogen-bond acceptors (Lipinski definition) is 4. The van der Waals surface area contributed by atoms with Crippen LogP contribution in [0.2, 0.25) is 5.02 Å². The molecular weight excluding hydrogens is 414 g/mol. The maximum absolute atomic E-state index is 13.3. The van der Waals surface area contributed by atoms with Gasteiger partial charge in [0.05, 0.1) is 23.8 Å². The largest absolute Gasteiger partial charge is 0.481 e. The summed E-state index contributed by atoms with van der Waals surface area (Å²) in [7, 11) is 0. The summed E-state index contributed by atoms with van der Waals surface area (Å²) in [6, 6.07) is 0. The fourth-order valence-electron chi connectivity index (χ4n) is 7.56. The molecule has 4 saturated carbocycles. The fourth-order valence-corrected chi connectivity index (χ4v) is 7.76. The highest BCUT2D eigenvalue weighted by Crippen LogP contribution is 2.65. The van der Waals surface area contributed by atoms with Gasteiger partial charge in [-0.1, -0.05) is 23.3 Å². The number of anilines is 1. The van der Waals surface area contributed by atoms with Crippen LogP contribution in [0.25, 0.3) is 0 Å². The number of allylic oxidation sites excluding steroid dienone is 1. The quantitative estimate of drug-likeness (QED) is 0.579. The first-order chi connectivity index (χ1) is 14.9. The number of carboxylic acids is 1. The lowest BCUT2D eigenvalue weighted by Crippen LogP contribution is -2.59. The molecule has 0 aromatic carbocycles. The first-order valence-corrected chi connectivity index (χ1v) is 12.2. The van der Waals surface area contributed by atoms with Gasteiger partial charge >= 0.3 is 5.97 Å².